The second-order valence-electron chi connectivity index (χ2n) is 9.50. The van der Waals surface area contributed by atoms with Gasteiger partial charge in [0.25, 0.3) is 0 Å². The lowest BCUT2D eigenvalue weighted by molar-refractivity contribution is -0.131. The molecule has 2 nitrogen and oxygen atoms in total. The molecule has 0 saturated heterocycles. The number of hydrogen-bond acceptors (Lipinski definition) is 1. The van der Waals surface area contributed by atoms with Crippen molar-refractivity contribution in [1.82, 2.24) is 0 Å². The van der Waals surface area contributed by atoms with Crippen molar-refractivity contribution in [1.29, 1.82) is 0 Å². The van der Waals surface area contributed by atoms with Gasteiger partial charge in [0, 0.05) is 11.5 Å². The van der Waals surface area contributed by atoms with E-state index >= 15 is 0 Å². The molecule has 128 valence electrons. The molecule has 0 heterocycles. The summed E-state index contributed by atoms with van der Waals surface area (Å²) >= 11 is 0. The molecule has 2 atom stereocenters. The molecule has 3 aliphatic carbocycles. The molecule has 0 radical (unpaired) electrons. The largest absolute Gasteiger partial charge is 0.478 e. The Morgan fingerprint density at radius 1 is 1.08 bits per heavy atom. The van der Waals surface area contributed by atoms with Crippen molar-refractivity contribution in [3.8, 4) is 0 Å². The molecule has 2 saturated carbocycles. The molecule has 0 amide bonds. The van der Waals surface area contributed by atoms with Gasteiger partial charge in [0.1, 0.15) is 0 Å². The van der Waals surface area contributed by atoms with Crippen LogP contribution in [0.2, 0.25) is 0 Å². The van der Waals surface area contributed by atoms with Gasteiger partial charge in [-0.3, -0.25) is 0 Å². The van der Waals surface area contributed by atoms with E-state index in [1.165, 1.54) is 35.6 Å². The summed E-state index contributed by atoms with van der Waals surface area (Å²) in [6.07, 6.45) is 7.13. The van der Waals surface area contributed by atoms with E-state index in [-0.39, 0.29) is 16.2 Å². The molecule has 0 bridgehead atoms. The zero-order valence-corrected chi connectivity index (χ0v) is 15.3. The van der Waals surface area contributed by atoms with Gasteiger partial charge < -0.3 is 5.11 Å². The Kier molecular flexibility index (Phi) is 3.15. The van der Waals surface area contributed by atoms with Crippen LogP contribution in [-0.2, 0) is 21.0 Å². The van der Waals surface area contributed by atoms with Crippen molar-refractivity contribution in [3.63, 3.8) is 0 Å². The van der Waals surface area contributed by atoms with Gasteiger partial charge >= 0.3 is 5.97 Å². The number of carbonyl (C=O) groups is 1. The standard InChI is InChI=1S/C22H28O2/c1-20(2)9-10-21(3,4)17-12-15(5-6-16(17)20)22-8-7-14(11-19(23)24)18(22)13-22/h5-6,11-12,18H,7-10,13H2,1-4H3,(H,23,24). The van der Waals surface area contributed by atoms with Crippen LogP contribution in [0, 0.1) is 5.92 Å². The van der Waals surface area contributed by atoms with Gasteiger partial charge in [-0.1, -0.05) is 51.5 Å². The summed E-state index contributed by atoms with van der Waals surface area (Å²) in [6.45, 7) is 9.47. The first kappa shape index (κ1) is 15.9. The molecule has 0 spiro atoms. The van der Waals surface area contributed by atoms with Gasteiger partial charge in [-0.05, 0) is 65.5 Å². The van der Waals surface area contributed by atoms with E-state index in [2.05, 4.69) is 45.9 Å². The quantitative estimate of drug-likeness (QED) is 0.769. The lowest BCUT2D eigenvalue weighted by atomic mass is 9.62. The third-order valence-electron chi connectivity index (χ3n) is 7.12. The van der Waals surface area contributed by atoms with Crippen LogP contribution in [0.5, 0.6) is 0 Å². The van der Waals surface area contributed by atoms with Crippen LogP contribution < -0.4 is 0 Å². The summed E-state index contributed by atoms with van der Waals surface area (Å²) < 4.78 is 0. The number of carboxylic acid groups (broad SMARTS) is 1. The SMILES string of the molecule is CC1(C)CCC(C)(C)c2cc(C34CCC(=CC(=O)O)C3C4)ccc21. The molecule has 2 heteroatoms. The zero-order chi connectivity index (χ0) is 17.3. The molecule has 0 aromatic heterocycles. The molecular formula is C22H28O2. The van der Waals surface area contributed by atoms with Gasteiger partial charge in [0.2, 0.25) is 0 Å². The van der Waals surface area contributed by atoms with Gasteiger partial charge in [-0.15, -0.1) is 0 Å². The molecule has 2 unspecified atom stereocenters. The van der Waals surface area contributed by atoms with E-state index in [1.807, 2.05) is 0 Å². The minimum atomic E-state index is -0.791. The molecular weight excluding hydrogens is 296 g/mol. The molecule has 2 fully saturated rings. The lowest BCUT2D eigenvalue weighted by Gasteiger charge is -2.42. The van der Waals surface area contributed by atoms with Crippen LogP contribution in [0.3, 0.4) is 0 Å². The molecule has 1 aromatic carbocycles. The summed E-state index contributed by atoms with van der Waals surface area (Å²) in [5.41, 5.74) is 6.36. The summed E-state index contributed by atoms with van der Waals surface area (Å²) in [7, 11) is 0. The fourth-order valence-electron chi connectivity index (χ4n) is 5.30. The van der Waals surface area contributed by atoms with Crippen LogP contribution >= 0.6 is 0 Å². The highest BCUT2D eigenvalue weighted by atomic mass is 16.4. The Balaban J connectivity index is 1.74. The Morgan fingerprint density at radius 3 is 2.38 bits per heavy atom. The molecule has 1 N–H and O–H groups in total. The number of rotatable bonds is 2. The van der Waals surface area contributed by atoms with Crippen LogP contribution in [0.15, 0.2) is 29.8 Å². The van der Waals surface area contributed by atoms with E-state index in [1.54, 1.807) is 0 Å². The van der Waals surface area contributed by atoms with Crippen LogP contribution in [0.4, 0.5) is 0 Å². The zero-order valence-electron chi connectivity index (χ0n) is 15.3. The Labute approximate surface area is 145 Å². The summed E-state index contributed by atoms with van der Waals surface area (Å²) in [4.78, 5) is 11.0. The lowest BCUT2D eigenvalue weighted by Crippen LogP contribution is -2.34. The fraction of sp³-hybridized carbons (Fsp3) is 0.591. The topological polar surface area (TPSA) is 37.3 Å². The van der Waals surface area contributed by atoms with Crippen molar-refractivity contribution < 1.29 is 9.90 Å². The maximum atomic E-state index is 11.0. The van der Waals surface area contributed by atoms with E-state index < -0.39 is 5.97 Å². The second kappa shape index (κ2) is 4.74. The summed E-state index contributed by atoms with van der Waals surface area (Å²) in [5, 5.41) is 9.07. The smallest absolute Gasteiger partial charge is 0.328 e. The number of benzene rings is 1. The maximum Gasteiger partial charge on any atom is 0.328 e. The molecule has 1 aromatic rings. The summed E-state index contributed by atoms with van der Waals surface area (Å²) in [6, 6.07) is 7.18. The number of carboxylic acids is 1. The number of fused-ring (bicyclic) bond motifs is 2. The first-order valence-electron chi connectivity index (χ1n) is 9.25. The Hall–Kier alpha value is -1.57. The first-order chi connectivity index (χ1) is 11.2. The molecule has 3 aliphatic rings. The van der Waals surface area contributed by atoms with Crippen molar-refractivity contribution in [2.75, 3.05) is 0 Å². The average Bonchev–Trinajstić information content (AvgIpc) is 3.15. The van der Waals surface area contributed by atoms with E-state index in [4.69, 9.17) is 5.11 Å². The van der Waals surface area contributed by atoms with E-state index in [0.717, 1.165) is 24.8 Å². The van der Waals surface area contributed by atoms with Crippen molar-refractivity contribution in [2.45, 2.75) is 76.0 Å². The third-order valence-corrected chi connectivity index (χ3v) is 7.12. The first-order valence-corrected chi connectivity index (χ1v) is 9.25. The predicted molar refractivity (Wildman–Crippen MR) is 96.5 cm³/mol. The van der Waals surface area contributed by atoms with Crippen LogP contribution in [0.1, 0.15) is 76.5 Å². The minimum Gasteiger partial charge on any atom is -0.478 e. The highest BCUT2D eigenvalue weighted by molar-refractivity contribution is 5.81. The van der Waals surface area contributed by atoms with Gasteiger partial charge in [-0.2, -0.15) is 0 Å². The van der Waals surface area contributed by atoms with Crippen LogP contribution in [0.25, 0.3) is 0 Å². The van der Waals surface area contributed by atoms with Gasteiger partial charge in [0.05, 0.1) is 0 Å². The Bertz CT molecular complexity index is 753. The number of hydrogen-bond donors (Lipinski definition) is 1. The highest BCUT2D eigenvalue weighted by Crippen LogP contribution is 2.67. The third kappa shape index (κ3) is 2.18. The predicted octanol–water partition coefficient (Wildman–Crippen LogP) is 5.10. The second-order valence-corrected chi connectivity index (χ2v) is 9.50. The molecule has 4 rings (SSSR count). The highest BCUT2D eigenvalue weighted by Gasteiger charge is 2.60. The maximum absolute atomic E-state index is 11.0. The normalized spacial score (nSPS) is 33.8. The summed E-state index contributed by atoms with van der Waals surface area (Å²) in [5.74, 6) is -0.326. The monoisotopic (exact) mass is 324 g/mol. The van der Waals surface area contributed by atoms with Crippen molar-refractivity contribution >= 4 is 5.97 Å². The average molecular weight is 324 g/mol. The van der Waals surface area contributed by atoms with E-state index in [9.17, 15) is 4.79 Å². The van der Waals surface area contributed by atoms with Gasteiger partial charge in [0.15, 0.2) is 0 Å². The Morgan fingerprint density at radius 2 is 1.75 bits per heavy atom. The fourth-order valence-corrected chi connectivity index (χ4v) is 5.30. The minimum absolute atomic E-state index is 0.230. The number of allylic oxidation sites excluding steroid dienone is 1. The van der Waals surface area contributed by atoms with Crippen LogP contribution in [-0.4, -0.2) is 11.1 Å². The van der Waals surface area contributed by atoms with Crippen molar-refractivity contribution in [2.24, 2.45) is 5.92 Å². The van der Waals surface area contributed by atoms with E-state index in [0.29, 0.717) is 5.92 Å². The molecule has 24 heavy (non-hydrogen) atoms. The van der Waals surface area contributed by atoms with Crippen molar-refractivity contribution in [3.05, 3.63) is 46.5 Å². The molecule has 0 aliphatic heterocycles. The van der Waals surface area contributed by atoms with Gasteiger partial charge in [-0.25, -0.2) is 4.79 Å². The number of aliphatic carboxylic acids is 1.